The van der Waals surface area contributed by atoms with E-state index in [1.54, 1.807) is 11.3 Å². The molecule has 0 unspecified atom stereocenters. The number of thiophene rings is 1. The normalized spacial score (nSPS) is 10.5. The molecule has 0 fully saturated rings. The van der Waals surface area contributed by atoms with Crippen LogP contribution in [0.1, 0.15) is 10.4 Å². The number of urea groups is 1. The maximum absolute atomic E-state index is 11.8. The van der Waals surface area contributed by atoms with E-state index in [9.17, 15) is 9.59 Å². The maximum Gasteiger partial charge on any atom is 0.321 e. The fourth-order valence-corrected chi connectivity index (χ4v) is 3.31. The third-order valence-electron chi connectivity index (χ3n) is 3.38. The number of thioether (sulfide) groups is 1. The first kappa shape index (κ1) is 18.2. The van der Waals surface area contributed by atoms with Crippen LogP contribution in [-0.4, -0.2) is 32.9 Å². The summed E-state index contributed by atoms with van der Waals surface area (Å²) in [6.07, 6.45) is 0. The summed E-state index contributed by atoms with van der Waals surface area (Å²) in [5.41, 5.74) is 2.09. The highest BCUT2D eigenvalue weighted by molar-refractivity contribution is 7.99. The fraction of sp³-hybridized carbons (Fsp3) is 0.176. The van der Waals surface area contributed by atoms with Crippen molar-refractivity contribution in [3.8, 4) is 11.4 Å². The number of carbonyl (C=O) groups excluding carboxylic acids is 2. The molecule has 3 rings (SSSR count). The van der Waals surface area contributed by atoms with Crippen LogP contribution < -0.4 is 10.6 Å². The van der Waals surface area contributed by atoms with E-state index in [0.717, 1.165) is 27.8 Å². The Labute approximate surface area is 158 Å². The van der Waals surface area contributed by atoms with Crippen molar-refractivity contribution in [1.82, 2.24) is 25.8 Å². The SMILES string of the molecule is Cc1ccc(-c2nc(SCC(=O)NC(=O)NCc3cccs3)n[nH]2)cc1. The number of aromatic nitrogens is 3. The summed E-state index contributed by atoms with van der Waals surface area (Å²) in [4.78, 5) is 28.9. The van der Waals surface area contributed by atoms with Crippen LogP contribution in [0, 0.1) is 6.92 Å². The van der Waals surface area contributed by atoms with Gasteiger partial charge in [0.05, 0.1) is 12.3 Å². The lowest BCUT2D eigenvalue weighted by molar-refractivity contribution is -0.117. The molecule has 0 aliphatic carbocycles. The van der Waals surface area contributed by atoms with Gasteiger partial charge in [-0.2, -0.15) is 0 Å². The van der Waals surface area contributed by atoms with Crippen LogP contribution in [0.3, 0.4) is 0 Å². The number of aryl methyl sites for hydroxylation is 1. The van der Waals surface area contributed by atoms with Crippen molar-refractivity contribution >= 4 is 35.0 Å². The van der Waals surface area contributed by atoms with Crippen LogP contribution in [0.5, 0.6) is 0 Å². The van der Waals surface area contributed by atoms with Crippen molar-refractivity contribution in [1.29, 1.82) is 0 Å². The van der Waals surface area contributed by atoms with Crippen LogP contribution in [0.2, 0.25) is 0 Å². The van der Waals surface area contributed by atoms with Gasteiger partial charge in [-0.3, -0.25) is 15.2 Å². The van der Waals surface area contributed by atoms with Crippen molar-refractivity contribution in [3.05, 3.63) is 52.2 Å². The zero-order chi connectivity index (χ0) is 18.4. The monoisotopic (exact) mass is 387 g/mol. The van der Waals surface area contributed by atoms with E-state index < -0.39 is 11.9 Å². The number of nitrogens with zero attached hydrogens (tertiary/aromatic N) is 2. The summed E-state index contributed by atoms with van der Waals surface area (Å²) in [5, 5.41) is 14.2. The number of rotatable bonds is 6. The number of nitrogens with one attached hydrogen (secondary N) is 3. The number of hydrogen-bond acceptors (Lipinski definition) is 6. The number of benzene rings is 1. The van der Waals surface area contributed by atoms with Gasteiger partial charge < -0.3 is 5.32 Å². The highest BCUT2D eigenvalue weighted by Crippen LogP contribution is 2.19. The molecule has 26 heavy (non-hydrogen) atoms. The molecule has 0 spiro atoms. The fourth-order valence-electron chi connectivity index (χ4n) is 2.07. The molecule has 3 N–H and O–H groups in total. The Morgan fingerprint density at radius 3 is 2.77 bits per heavy atom. The van der Waals surface area contributed by atoms with Crippen LogP contribution in [0.15, 0.2) is 46.9 Å². The first-order valence-corrected chi connectivity index (χ1v) is 9.69. The molecular formula is C17H17N5O2S2. The molecule has 0 aliphatic heterocycles. The van der Waals surface area contributed by atoms with Crippen molar-refractivity contribution in [3.63, 3.8) is 0 Å². The number of aromatic amines is 1. The molecule has 1 aromatic carbocycles. The minimum Gasteiger partial charge on any atom is -0.333 e. The summed E-state index contributed by atoms with van der Waals surface area (Å²) in [5.74, 6) is 0.291. The molecule has 3 amide bonds. The standard InChI is InChI=1S/C17H17N5O2S2/c1-11-4-6-12(7-5-11)15-20-17(22-21-15)26-10-14(23)19-16(24)18-9-13-3-2-8-25-13/h2-8H,9-10H2,1H3,(H,20,21,22)(H2,18,19,23,24). The van der Waals surface area contributed by atoms with E-state index in [0.29, 0.717) is 17.5 Å². The van der Waals surface area contributed by atoms with Crippen LogP contribution in [0.25, 0.3) is 11.4 Å². The molecule has 134 valence electrons. The second kappa shape index (κ2) is 8.63. The van der Waals surface area contributed by atoms with Gasteiger partial charge in [0.1, 0.15) is 0 Å². The largest absolute Gasteiger partial charge is 0.333 e. The third-order valence-corrected chi connectivity index (χ3v) is 5.10. The quantitative estimate of drug-likeness (QED) is 0.565. The van der Waals surface area contributed by atoms with E-state index >= 15 is 0 Å². The molecule has 0 aliphatic rings. The minimum atomic E-state index is -0.515. The van der Waals surface area contributed by atoms with Gasteiger partial charge in [-0.25, -0.2) is 9.78 Å². The Balaban J connectivity index is 1.44. The Morgan fingerprint density at radius 1 is 1.23 bits per heavy atom. The van der Waals surface area contributed by atoms with Crippen LogP contribution >= 0.6 is 23.1 Å². The highest BCUT2D eigenvalue weighted by Gasteiger charge is 2.11. The highest BCUT2D eigenvalue weighted by atomic mass is 32.2. The van der Waals surface area contributed by atoms with Gasteiger partial charge in [-0.1, -0.05) is 47.7 Å². The summed E-state index contributed by atoms with van der Waals surface area (Å²) in [6, 6.07) is 11.2. The van der Waals surface area contributed by atoms with E-state index in [4.69, 9.17) is 0 Å². The molecule has 0 atom stereocenters. The van der Waals surface area contributed by atoms with Gasteiger partial charge in [0, 0.05) is 10.4 Å². The average molecular weight is 387 g/mol. The van der Waals surface area contributed by atoms with E-state index in [1.165, 1.54) is 0 Å². The Bertz CT molecular complexity index is 875. The molecule has 0 radical (unpaired) electrons. The van der Waals surface area contributed by atoms with Gasteiger partial charge in [-0.15, -0.1) is 16.4 Å². The molecule has 3 aromatic rings. The van der Waals surface area contributed by atoms with Crippen LogP contribution in [0.4, 0.5) is 4.79 Å². The van der Waals surface area contributed by atoms with Gasteiger partial charge in [0.2, 0.25) is 11.1 Å². The number of carbonyl (C=O) groups is 2. The van der Waals surface area contributed by atoms with Crippen molar-refractivity contribution < 1.29 is 9.59 Å². The maximum atomic E-state index is 11.8. The smallest absolute Gasteiger partial charge is 0.321 e. The summed E-state index contributed by atoms with van der Waals surface area (Å²) >= 11 is 2.70. The second-order valence-corrected chi connectivity index (χ2v) is 7.41. The molecule has 7 nitrogen and oxygen atoms in total. The van der Waals surface area contributed by atoms with Crippen molar-refractivity contribution in [2.75, 3.05) is 5.75 Å². The van der Waals surface area contributed by atoms with Crippen molar-refractivity contribution in [2.24, 2.45) is 0 Å². The zero-order valence-electron chi connectivity index (χ0n) is 14.0. The molecule has 9 heteroatoms. The van der Waals surface area contributed by atoms with Crippen molar-refractivity contribution in [2.45, 2.75) is 18.6 Å². The first-order chi connectivity index (χ1) is 12.6. The summed E-state index contributed by atoms with van der Waals surface area (Å²) in [6.45, 7) is 2.41. The van der Waals surface area contributed by atoms with Gasteiger partial charge in [0.15, 0.2) is 5.82 Å². The van der Waals surface area contributed by atoms with E-state index in [1.807, 2.05) is 48.7 Å². The number of hydrogen-bond donors (Lipinski definition) is 3. The lowest BCUT2D eigenvalue weighted by Crippen LogP contribution is -2.39. The predicted octanol–water partition coefficient (Wildman–Crippen LogP) is 2.96. The lowest BCUT2D eigenvalue weighted by atomic mass is 10.1. The molecule has 0 saturated carbocycles. The molecule has 2 heterocycles. The zero-order valence-corrected chi connectivity index (χ0v) is 15.6. The second-order valence-electron chi connectivity index (χ2n) is 5.43. The first-order valence-electron chi connectivity index (χ1n) is 7.82. The van der Waals surface area contributed by atoms with Gasteiger partial charge in [-0.05, 0) is 18.4 Å². The summed E-state index contributed by atoms with van der Waals surface area (Å²) < 4.78 is 0. The van der Waals surface area contributed by atoms with Gasteiger partial charge >= 0.3 is 6.03 Å². The molecule has 0 bridgehead atoms. The lowest BCUT2D eigenvalue weighted by Gasteiger charge is -2.04. The molecule has 0 saturated heterocycles. The number of H-pyrrole nitrogens is 1. The van der Waals surface area contributed by atoms with Crippen LogP contribution in [-0.2, 0) is 11.3 Å². The summed E-state index contributed by atoms with van der Waals surface area (Å²) in [7, 11) is 0. The Morgan fingerprint density at radius 2 is 2.04 bits per heavy atom. The Hall–Kier alpha value is -2.65. The van der Waals surface area contributed by atoms with E-state index in [-0.39, 0.29) is 5.75 Å². The minimum absolute atomic E-state index is 0.0532. The predicted molar refractivity (Wildman–Crippen MR) is 102 cm³/mol. The topological polar surface area (TPSA) is 99.8 Å². The molecule has 2 aromatic heterocycles. The number of imide groups is 1. The average Bonchev–Trinajstić information content (AvgIpc) is 3.31. The number of amides is 3. The Kier molecular flexibility index (Phi) is 6.03. The van der Waals surface area contributed by atoms with E-state index in [2.05, 4.69) is 25.8 Å². The van der Waals surface area contributed by atoms with Gasteiger partial charge in [0.25, 0.3) is 0 Å². The third kappa shape index (κ3) is 5.17. The molecular weight excluding hydrogens is 370 g/mol.